The zero-order valence-electron chi connectivity index (χ0n) is 13.8. The van der Waals surface area contributed by atoms with Crippen molar-refractivity contribution in [2.45, 2.75) is 0 Å². The molecule has 0 atom stereocenters. The lowest BCUT2D eigenvalue weighted by Crippen LogP contribution is -2.15. The molecule has 0 saturated heterocycles. The second-order valence-electron chi connectivity index (χ2n) is 5.26. The van der Waals surface area contributed by atoms with Gasteiger partial charge in [0.1, 0.15) is 22.5 Å². The lowest BCUT2D eigenvalue weighted by molar-refractivity contribution is 0.0997. The first-order valence-corrected chi connectivity index (χ1v) is 8.15. The van der Waals surface area contributed by atoms with Gasteiger partial charge in [0.05, 0.1) is 24.3 Å². The van der Waals surface area contributed by atoms with E-state index in [-0.39, 0.29) is 16.7 Å². The van der Waals surface area contributed by atoms with Gasteiger partial charge >= 0.3 is 0 Å². The minimum atomic E-state index is -0.607. The van der Waals surface area contributed by atoms with E-state index in [4.69, 9.17) is 37.1 Å². The van der Waals surface area contributed by atoms with Crippen molar-refractivity contribution in [1.29, 1.82) is 0 Å². The molecule has 8 heteroatoms. The Morgan fingerprint density at radius 1 is 1.04 bits per heavy atom. The minimum absolute atomic E-state index is 0.163. The van der Waals surface area contributed by atoms with Crippen LogP contribution in [0.4, 0.5) is 5.69 Å². The Kier molecular flexibility index (Phi) is 5.06. The summed E-state index contributed by atoms with van der Waals surface area (Å²) >= 11 is 11.8. The lowest BCUT2D eigenvalue weighted by atomic mass is 10.2. The number of hydrogen-bond acceptors (Lipinski definition) is 5. The fourth-order valence-corrected chi connectivity index (χ4v) is 2.68. The third kappa shape index (κ3) is 3.47. The van der Waals surface area contributed by atoms with E-state index >= 15 is 0 Å². The summed E-state index contributed by atoms with van der Waals surface area (Å²) in [6, 6.07) is 8.80. The largest absolute Gasteiger partial charge is 0.496 e. The minimum Gasteiger partial charge on any atom is -0.496 e. The van der Waals surface area contributed by atoms with Crippen LogP contribution in [0.3, 0.4) is 0 Å². The number of carbonyl (C=O) groups is 1. The Morgan fingerprint density at radius 3 is 2.46 bits per heavy atom. The van der Waals surface area contributed by atoms with Crippen molar-refractivity contribution in [3.05, 3.63) is 62.4 Å². The molecule has 0 aliphatic carbocycles. The van der Waals surface area contributed by atoms with E-state index in [1.54, 1.807) is 18.2 Å². The van der Waals surface area contributed by atoms with Gasteiger partial charge in [0.25, 0.3) is 5.91 Å². The Balaban J connectivity index is 2.03. The number of fused-ring (bicyclic) bond motifs is 1. The van der Waals surface area contributed by atoms with Gasteiger partial charge in [-0.3, -0.25) is 9.59 Å². The van der Waals surface area contributed by atoms with Gasteiger partial charge < -0.3 is 19.2 Å². The highest BCUT2D eigenvalue weighted by atomic mass is 35.5. The maximum atomic E-state index is 12.4. The first kappa shape index (κ1) is 18.1. The van der Waals surface area contributed by atoms with E-state index < -0.39 is 11.3 Å². The summed E-state index contributed by atoms with van der Waals surface area (Å²) in [6.45, 7) is 0. The number of ether oxygens (including phenoxy) is 2. The second kappa shape index (κ2) is 7.27. The predicted molar refractivity (Wildman–Crippen MR) is 100 cm³/mol. The summed E-state index contributed by atoms with van der Waals surface area (Å²) in [6.07, 6.45) is 0. The standard InChI is InChI=1S/C18H13Cl2NO5/c1-24-10-6-14(25-2)17-13(22)8-16(26-15(17)7-10)18(23)21-9-3-4-11(19)12(20)5-9/h3-8H,1-2H3,(H,21,23). The highest BCUT2D eigenvalue weighted by Gasteiger charge is 2.17. The number of benzene rings is 2. The molecule has 0 bridgehead atoms. The van der Waals surface area contributed by atoms with Crippen LogP contribution < -0.4 is 20.2 Å². The maximum absolute atomic E-state index is 12.4. The number of methoxy groups -OCH3 is 2. The number of rotatable bonds is 4. The first-order valence-electron chi connectivity index (χ1n) is 7.39. The number of anilines is 1. The number of hydrogen-bond donors (Lipinski definition) is 1. The third-order valence-electron chi connectivity index (χ3n) is 3.62. The smallest absolute Gasteiger partial charge is 0.291 e. The van der Waals surface area contributed by atoms with Crippen molar-refractivity contribution in [1.82, 2.24) is 0 Å². The summed E-state index contributed by atoms with van der Waals surface area (Å²) in [5.74, 6) is -0.0443. The maximum Gasteiger partial charge on any atom is 0.291 e. The molecule has 3 aromatic rings. The molecule has 0 spiro atoms. The molecule has 0 unspecified atom stereocenters. The molecule has 134 valence electrons. The SMILES string of the molecule is COc1cc(OC)c2c(=O)cc(C(=O)Nc3ccc(Cl)c(Cl)c3)oc2c1. The highest BCUT2D eigenvalue weighted by molar-refractivity contribution is 6.42. The average Bonchev–Trinajstić information content (AvgIpc) is 2.63. The molecular weight excluding hydrogens is 381 g/mol. The Hall–Kier alpha value is -2.70. The Morgan fingerprint density at radius 2 is 1.81 bits per heavy atom. The van der Waals surface area contributed by atoms with Crippen molar-refractivity contribution < 1.29 is 18.7 Å². The molecule has 1 N–H and O–H groups in total. The number of amides is 1. The highest BCUT2D eigenvalue weighted by Crippen LogP contribution is 2.30. The van der Waals surface area contributed by atoms with E-state index in [2.05, 4.69) is 5.32 Å². The van der Waals surface area contributed by atoms with Crippen molar-refractivity contribution in [3.8, 4) is 11.5 Å². The van der Waals surface area contributed by atoms with E-state index in [1.165, 1.54) is 26.4 Å². The summed E-state index contributed by atoms with van der Waals surface area (Å²) in [5, 5.41) is 3.47. The quantitative estimate of drug-likeness (QED) is 0.711. The van der Waals surface area contributed by atoms with Gasteiger partial charge in [-0.1, -0.05) is 23.2 Å². The van der Waals surface area contributed by atoms with Crippen LogP contribution in [-0.2, 0) is 0 Å². The van der Waals surface area contributed by atoms with Crippen LogP contribution in [-0.4, -0.2) is 20.1 Å². The topological polar surface area (TPSA) is 77.8 Å². The number of carbonyl (C=O) groups excluding carboxylic acids is 1. The van der Waals surface area contributed by atoms with E-state index in [0.29, 0.717) is 27.2 Å². The zero-order valence-corrected chi connectivity index (χ0v) is 15.3. The molecule has 0 aliphatic rings. The van der Waals surface area contributed by atoms with Crippen molar-refractivity contribution in [2.24, 2.45) is 0 Å². The number of halogens is 2. The van der Waals surface area contributed by atoms with Crippen LogP contribution in [0.2, 0.25) is 10.0 Å². The lowest BCUT2D eigenvalue weighted by Gasteiger charge is -2.09. The fraction of sp³-hybridized carbons (Fsp3) is 0.111. The summed E-state index contributed by atoms with van der Waals surface area (Å²) in [5.41, 5.74) is 0.174. The third-order valence-corrected chi connectivity index (χ3v) is 4.36. The van der Waals surface area contributed by atoms with Crippen molar-refractivity contribution >= 4 is 45.8 Å². The van der Waals surface area contributed by atoms with Crippen LogP contribution in [0.25, 0.3) is 11.0 Å². The number of nitrogens with one attached hydrogen (secondary N) is 1. The van der Waals surface area contributed by atoms with Gasteiger partial charge in [0.15, 0.2) is 11.2 Å². The first-order chi connectivity index (χ1) is 12.4. The molecule has 1 aromatic heterocycles. The van der Waals surface area contributed by atoms with Crippen molar-refractivity contribution in [2.75, 3.05) is 19.5 Å². The molecule has 0 aliphatic heterocycles. The van der Waals surface area contributed by atoms with E-state index in [1.807, 2.05) is 0 Å². The van der Waals surface area contributed by atoms with Gasteiger partial charge in [-0.25, -0.2) is 0 Å². The molecule has 0 fully saturated rings. The molecule has 0 saturated carbocycles. The molecule has 1 heterocycles. The van der Waals surface area contributed by atoms with Gasteiger partial charge in [-0.05, 0) is 18.2 Å². The molecule has 3 rings (SSSR count). The monoisotopic (exact) mass is 393 g/mol. The molecule has 6 nitrogen and oxygen atoms in total. The van der Waals surface area contributed by atoms with Gasteiger partial charge in [0.2, 0.25) is 0 Å². The normalized spacial score (nSPS) is 10.6. The Labute approximate surface area is 158 Å². The molecule has 2 aromatic carbocycles. The zero-order chi connectivity index (χ0) is 18.8. The van der Waals surface area contributed by atoms with Crippen LogP contribution >= 0.6 is 23.2 Å². The molecular formula is C18H13Cl2NO5. The van der Waals surface area contributed by atoms with E-state index in [0.717, 1.165) is 6.07 Å². The van der Waals surface area contributed by atoms with Crippen molar-refractivity contribution in [3.63, 3.8) is 0 Å². The van der Waals surface area contributed by atoms with Crippen LogP contribution in [0.5, 0.6) is 11.5 Å². The van der Waals surface area contributed by atoms with E-state index in [9.17, 15) is 9.59 Å². The van der Waals surface area contributed by atoms with Gasteiger partial charge in [0, 0.05) is 23.9 Å². The summed E-state index contributed by atoms with van der Waals surface area (Å²) < 4.78 is 15.9. The van der Waals surface area contributed by atoms with Crippen LogP contribution in [0.15, 0.2) is 45.6 Å². The molecule has 0 radical (unpaired) electrons. The van der Waals surface area contributed by atoms with Gasteiger partial charge in [-0.15, -0.1) is 0 Å². The predicted octanol–water partition coefficient (Wildman–Crippen LogP) is 4.37. The average molecular weight is 394 g/mol. The molecule has 26 heavy (non-hydrogen) atoms. The second-order valence-corrected chi connectivity index (χ2v) is 6.08. The van der Waals surface area contributed by atoms with Gasteiger partial charge in [-0.2, -0.15) is 0 Å². The van der Waals surface area contributed by atoms with Crippen LogP contribution in [0, 0.1) is 0 Å². The van der Waals surface area contributed by atoms with Crippen LogP contribution in [0.1, 0.15) is 10.6 Å². The summed E-state index contributed by atoms with van der Waals surface area (Å²) in [7, 11) is 2.90. The fourth-order valence-electron chi connectivity index (χ4n) is 2.39. The Bertz CT molecular complexity index is 1060. The molecule has 1 amide bonds. The summed E-state index contributed by atoms with van der Waals surface area (Å²) in [4.78, 5) is 24.9.